The smallest absolute Gasteiger partial charge is 0.173 e. The molecule has 9 heteroatoms. The Morgan fingerprint density at radius 3 is 2.62 bits per heavy atom. The second-order valence-corrected chi connectivity index (χ2v) is 9.72. The number of Topliss-reactive ketones (excluding diaryl/α,β-unsaturated/α-hetero) is 2. The van der Waals surface area contributed by atoms with E-state index < -0.39 is 0 Å². The molecule has 9 nitrogen and oxygen atoms in total. The largest absolute Gasteiger partial charge is 0.490 e. The molecule has 0 amide bonds. The molecule has 0 radical (unpaired) electrons. The monoisotopic (exact) mass is 529 g/mol. The number of ether oxygens (including phenoxy) is 4. The van der Waals surface area contributed by atoms with Crippen LogP contribution in [0.2, 0.25) is 0 Å². The Hall–Kier alpha value is -3.79. The number of nitrogens with zero attached hydrogens (tertiary/aromatic N) is 1. The molecule has 0 aromatic carbocycles. The number of hydrogen-bond acceptors (Lipinski definition) is 8. The van der Waals surface area contributed by atoms with Gasteiger partial charge in [0.15, 0.2) is 11.6 Å². The van der Waals surface area contributed by atoms with Gasteiger partial charge < -0.3 is 29.2 Å². The molecule has 39 heavy (non-hydrogen) atoms. The molecule has 1 aromatic rings. The maximum absolute atomic E-state index is 13.6. The first kappa shape index (κ1) is 25.5. The highest BCUT2D eigenvalue weighted by Gasteiger charge is 2.34. The number of ketones is 2. The quantitative estimate of drug-likeness (QED) is 0.497. The van der Waals surface area contributed by atoms with E-state index in [9.17, 15) is 9.59 Å². The SMILES string of the molecule is O=C1CC(=O)/C2=C3\C=C4CCC=C(NCCOCCOCCOC/C5=C/C1=C2/N=C\CO5)C4=Cc1c[nH]cc13. The predicted octanol–water partition coefficient (Wildman–Crippen LogP) is 3.20. The Bertz CT molecular complexity index is 1400. The van der Waals surface area contributed by atoms with Gasteiger partial charge in [0.05, 0.1) is 50.7 Å². The predicted molar refractivity (Wildman–Crippen MR) is 146 cm³/mol. The summed E-state index contributed by atoms with van der Waals surface area (Å²) in [6.07, 6.45) is 15.1. The fraction of sp³-hybridized carbons (Fsp3) is 0.367. The maximum atomic E-state index is 13.6. The van der Waals surface area contributed by atoms with Crippen molar-refractivity contribution in [3.63, 3.8) is 0 Å². The van der Waals surface area contributed by atoms with E-state index in [1.165, 1.54) is 0 Å². The van der Waals surface area contributed by atoms with Crippen LogP contribution >= 0.6 is 0 Å². The van der Waals surface area contributed by atoms with Crippen molar-refractivity contribution in [2.75, 3.05) is 52.8 Å². The molecule has 202 valence electrons. The number of aromatic amines is 1. The number of carbonyl (C=O) groups is 2. The number of aliphatic imine (C=N–C) groups is 1. The van der Waals surface area contributed by atoms with Gasteiger partial charge in [-0.1, -0.05) is 6.08 Å². The highest BCUT2D eigenvalue weighted by molar-refractivity contribution is 6.24. The molecule has 0 unspecified atom stereocenters. The molecular formula is C30H31N3O6. The Labute approximate surface area is 226 Å². The lowest BCUT2D eigenvalue weighted by atomic mass is 9.83. The zero-order valence-corrected chi connectivity index (χ0v) is 21.7. The van der Waals surface area contributed by atoms with Crippen molar-refractivity contribution in [2.45, 2.75) is 19.3 Å². The molecule has 0 fully saturated rings. The van der Waals surface area contributed by atoms with Gasteiger partial charge in [0.1, 0.15) is 19.0 Å². The second-order valence-electron chi connectivity index (χ2n) is 9.72. The zero-order valence-electron chi connectivity index (χ0n) is 21.7. The number of rotatable bonds is 0. The van der Waals surface area contributed by atoms with Crippen LogP contribution in [0.4, 0.5) is 0 Å². The molecule has 2 N–H and O–H groups in total. The first-order valence-electron chi connectivity index (χ1n) is 13.4. The van der Waals surface area contributed by atoms with Gasteiger partial charge in [-0.05, 0) is 42.2 Å². The first-order chi connectivity index (χ1) is 19.2. The normalized spacial score (nSPS) is 26.8. The third kappa shape index (κ3) is 5.38. The van der Waals surface area contributed by atoms with E-state index in [0.717, 1.165) is 46.4 Å². The summed E-state index contributed by atoms with van der Waals surface area (Å²) in [4.78, 5) is 34.5. The lowest BCUT2D eigenvalue weighted by molar-refractivity contribution is -0.123. The van der Waals surface area contributed by atoms with Crippen LogP contribution in [0.15, 0.2) is 75.1 Å². The van der Waals surface area contributed by atoms with Crippen molar-refractivity contribution in [2.24, 2.45) is 4.99 Å². The molecule has 3 aliphatic carbocycles. The summed E-state index contributed by atoms with van der Waals surface area (Å²) in [5.41, 5.74) is 7.13. The summed E-state index contributed by atoms with van der Waals surface area (Å²) in [6.45, 7) is 3.36. The van der Waals surface area contributed by atoms with Gasteiger partial charge >= 0.3 is 0 Å². The highest BCUT2D eigenvalue weighted by atomic mass is 16.6. The van der Waals surface area contributed by atoms with Crippen molar-refractivity contribution in [1.82, 2.24) is 10.3 Å². The molecule has 1 aromatic heterocycles. The van der Waals surface area contributed by atoms with E-state index >= 15 is 0 Å². The summed E-state index contributed by atoms with van der Waals surface area (Å²) in [5, 5.41) is 3.53. The lowest BCUT2D eigenvalue weighted by Crippen LogP contribution is -2.23. The fourth-order valence-corrected chi connectivity index (χ4v) is 5.34. The zero-order chi connectivity index (χ0) is 26.6. The number of carbonyl (C=O) groups excluding carboxylic acids is 2. The van der Waals surface area contributed by atoms with E-state index in [4.69, 9.17) is 18.9 Å². The van der Waals surface area contributed by atoms with Crippen molar-refractivity contribution in [3.05, 3.63) is 81.2 Å². The minimum atomic E-state index is -0.275. The standard InChI is InChI=1S/C30H31N3O6/c34-27-15-28(35)29-23-12-19-2-1-3-26(22(19)13-20-16-31-17-25(20)23)32-4-6-36-8-9-37-10-11-38-18-21-14-24(27)30(29)33-5-7-39-21/h3,5,12-14,16-17,31-32H,1-2,4,6-11,15,18H2/b21-14-,29-23-,33-5-. The van der Waals surface area contributed by atoms with Crippen molar-refractivity contribution in [1.29, 1.82) is 0 Å². The summed E-state index contributed by atoms with van der Waals surface area (Å²) >= 11 is 0. The minimum absolute atomic E-state index is 0.178. The van der Waals surface area contributed by atoms with E-state index in [1.807, 2.05) is 12.4 Å². The average Bonchev–Trinajstić information content (AvgIpc) is 3.31. The molecule has 6 rings (SSSR count). The number of fused-ring (bicyclic) bond motifs is 3. The van der Waals surface area contributed by atoms with Crippen LogP contribution in [-0.2, 0) is 28.5 Å². The van der Waals surface area contributed by atoms with Crippen LogP contribution in [0.25, 0.3) is 11.6 Å². The van der Waals surface area contributed by atoms with Gasteiger partial charge in [0, 0.05) is 53.1 Å². The van der Waals surface area contributed by atoms with Crippen LogP contribution in [0.5, 0.6) is 0 Å². The molecule has 0 atom stereocenters. The van der Waals surface area contributed by atoms with Gasteiger partial charge in [-0.3, -0.25) is 14.6 Å². The summed E-state index contributed by atoms with van der Waals surface area (Å²) in [7, 11) is 0. The second kappa shape index (κ2) is 11.5. The van der Waals surface area contributed by atoms with Crippen LogP contribution in [0.1, 0.15) is 30.4 Å². The molecule has 0 spiro atoms. The Morgan fingerprint density at radius 2 is 1.72 bits per heavy atom. The van der Waals surface area contributed by atoms with E-state index in [1.54, 1.807) is 12.3 Å². The van der Waals surface area contributed by atoms with Crippen LogP contribution in [0, 0.1) is 0 Å². The van der Waals surface area contributed by atoms with Crippen molar-refractivity contribution >= 4 is 29.4 Å². The fourth-order valence-electron chi connectivity index (χ4n) is 5.34. The van der Waals surface area contributed by atoms with E-state index in [2.05, 4.69) is 33.5 Å². The summed E-state index contributed by atoms with van der Waals surface area (Å²) in [6, 6.07) is 0. The molecule has 2 aliphatic heterocycles. The first-order valence-corrected chi connectivity index (χ1v) is 13.4. The minimum Gasteiger partial charge on any atom is -0.490 e. The highest BCUT2D eigenvalue weighted by Crippen LogP contribution is 2.41. The molecule has 8 bridgehead atoms. The average molecular weight is 530 g/mol. The van der Waals surface area contributed by atoms with E-state index in [-0.39, 0.29) is 31.2 Å². The van der Waals surface area contributed by atoms with Crippen molar-refractivity contribution < 1.29 is 28.5 Å². The lowest BCUT2D eigenvalue weighted by Gasteiger charge is -2.23. The van der Waals surface area contributed by atoms with Crippen LogP contribution < -0.4 is 5.32 Å². The third-order valence-electron chi connectivity index (χ3n) is 7.17. The van der Waals surface area contributed by atoms with Gasteiger partial charge in [-0.25, -0.2) is 0 Å². The molecule has 3 heterocycles. The summed E-state index contributed by atoms with van der Waals surface area (Å²) in [5.74, 6) is -0.000289. The maximum Gasteiger partial charge on any atom is 0.173 e. The van der Waals surface area contributed by atoms with Crippen molar-refractivity contribution in [3.8, 4) is 0 Å². The number of allylic oxidation sites excluding steroid dienone is 7. The van der Waals surface area contributed by atoms with Crippen LogP contribution in [0.3, 0.4) is 0 Å². The molecule has 0 saturated carbocycles. The number of hydrogen-bond donors (Lipinski definition) is 2. The Morgan fingerprint density at radius 1 is 0.872 bits per heavy atom. The number of nitrogens with one attached hydrogen (secondary N) is 2. The van der Waals surface area contributed by atoms with Gasteiger partial charge in [-0.2, -0.15) is 0 Å². The van der Waals surface area contributed by atoms with Crippen LogP contribution in [-0.4, -0.2) is 75.6 Å². The van der Waals surface area contributed by atoms with Gasteiger partial charge in [-0.15, -0.1) is 0 Å². The number of aromatic nitrogens is 1. The summed E-state index contributed by atoms with van der Waals surface area (Å²) < 4.78 is 22.9. The van der Waals surface area contributed by atoms with Gasteiger partial charge in [0.2, 0.25) is 0 Å². The third-order valence-corrected chi connectivity index (χ3v) is 7.17. The van der Waals surface area contributed by atoms with Gasteiger partial charge in [0.25, 0.3) is 0 Å². The Balaban J connectivity index is 1.51. The topological polar surface area (TPSA) is 111 Å². The Kier molecular flexibility index (Phi) is 7.53. The van der Waals surface area contributed by atoms with E-state index in [0.29, 0.717) is 62.2 Å². The molecular weight excluding hydrogens is 498 g/mol. The molecule has 5 aliphatic rings. The molecule has 0 saturated heterocycles. The number of H-pyrrole nitrogens is 1.